The lowest BCUT2D eigenvalue weighted by atomic mass is 9.98. The van der Waals surface area contributed by atoms with Gasteiger partial charge in [0.15, 0.2) is 11.4 Å². The zero-order valence-electron chi connectivity index (χ0n) is 18.4. The highest BCUT2D eigenvalue weighted by molar-refractivity contribution is 8.01. The fourth-order valence-corrected chi connectivity index (χ4v) is 8.08. The van der Waals surface area contributed by atoms with Gasteiger partial charge < -0.3 is 19.7 Å². The molecule has 2 aliphatic heterocycles. The third-order valence-corrected chi connectivity index (χ3v) is 10.4. The molecule has 17 heteroatoms. The molecular formula is C19H17N7O6S4. The number of β-lactam (4-membered cyclic amide) rings is 1. The Morgan fingerprint density at radius 1 is 1.42 bits per heavy atom. The SMILES string of the molecule is CO[C@@]1(NC(=O)C[S+]([O-])c2cccs2)C(=O)N2C(C(=O)O)=C(CSc3ccc4nnnn4n3)CS[C@H]21. The van der Waals surface area contributed by atoms with Crippen molar-refractivity contribution in [2.45, 2.75) is 20.3 Å². The molecule has 188 valence electrons. The van der Waals surface area contributed by atoms with Crippen LogP contribution in [0.3, 0.4) is 0 Å². The highest BCUT2D eigenvalue weighted by Gasteiger charge is 2.66. The Hall–Kier alpha value is -2.70. The first-order valence-electron chi connectivity index (χ1n) is 10.2. The summed E-state index contributed by atoms with van der Waals surface area (Å²) in [7, 11) is 1.27. The third kappa shape index (κ3) is 4.35. The largest absolute Gasteiger partial charge is 0.610 e. The van der Waals surface area contributed by atoms with Crippen molar-refractivity contribution >= 4 is 69.5 Å². The Morgan fingerprint density at radius 2 is 2.25 bits per heavy atom. The highest BCUT2D eigenvalue weighted by atomic mass is 32.2. The normalized spacial score (nSPS) is 22.3. The molecule has 36 heavy (non-hydrogen) atoms. The quantitative estimate of drug-likeness (QED) is 0.156. The molecule has 2 aliphatic rings. The summed E-state index contributed by atoms with van der Waals surface area (Å²) in [5.41, 5.74) is -0.892. The van der Waals surface area contributed by atoms with Crippen LogP contribution in [0.4, 0.5) is 0 Å². The van der Waals surface area contributed by atoms with Gasteiger partial charge in [-0.15, -0.1) is 38.4 Å². The van der Waals surface area contributed by atoms with E-state index in [1.807, 2.05) is 0 Å². The number of tetrazole rings is 1. The molecule has 5 heterocycles. The molecule has 0 spiro atoms. The molecule has 13 nitrogen and oxygen atoms in total. The number of carbonyl (C=O) groups is 3. The van der Waals surface area contributed by atoms with Crippen LogP contribution in [-0.4, -0.2) is 93.1 Å². The number of fused-ring (bicyclic) bond motifs is 2. The van der Waals surface area contributed by atoms with Crippen molar-refractivity contribution in [3.63, 3.8) is 0 Å². The van der Waals surface area contributed by atoms with E-state index in [2.05, 4.69) is 25.9 Å². The van der Waals surface area contributed by atoms with Gasteiger partial charge in [0.25, 0.3) is 17.5 Å². The highest BCUT2D eigenvalue weighted by Crippen LogP contribution is 2.47. The number of ether oxygens (including phenoxy) is 1. The number of thioether (sulfide) groups is 2. The van der Waals surface area contributed by atoms with E-state index in [0.717, 1.165) is 4.90 Å². The van der Waals surface area contributed by atoms with Gasteiger partial charge >= 0.3 is 5.97 Å². The molecule has 0 saturated carbocycles. The number of amides is 2. The average molecular weight is 568 g/mol. The lowest BCUT2D eigenvalue weighted by Gasteiger charge is -2.55. The van der Waals surface area contributed by atoms with Gasteiger partial charge in [-0.1, -0.05) is 11.3 Å². The summed E-state index contributed by atoms with van der Waals surface area (Å²) in [6.45, 7) is 0. The second kappa shape index (κ2) is 9.98. The number of thiophene rings is 1. The minimum atomic E-state index is -1.74. The maximum Gasteiger partial charge on any atom is 0.352 e. The Balaban J connectivity index is 1.31. The molecule has 1 saturated heterocycles. The van der Waals surface area contributed by atoms with Gasteiger partial charge in [0.2, 0.25) is 4.21 Å². The molecule has 3 atom stereocenters. The topological polar surface area (TPSA) is 175 Å². The number of carbonyl (C=O) groups excluding carboxylic acids is 2. The summed E-state index contributed by atoms with van der Waals surface area (Å²) in [4.78, 5) is 39.1. The first-order chi connectivity index (χ1) is 17.3. The van der Waals surface area contributed by atoms with Crippen LogP contribution in [0, 0.1) is 0 Å². The smallest absolute Gasteiger partial charge is 0.352 e. The summed E-state index contributed by atoms with van der Waals surface area (Å²) >= 11 is 2.25. The van der Waals surface area contributed by atoms with Crippen molar-refractivity contribution in [3.05, 3.63) is 40.9 Å². The van der Waals surface area contributed by atoms with Gasteiger partial charge in [-0.05, 0) is 39.6 Å². The van der Waals surface area contributed by atoms with Crippen molar-refractivity contribution in [2.75, 3.05) is 24.4 Å². The van der Waals surface area contributed by atoms with Crippen LogP contribution < -0.4 is 5.32 Å². The summed E-state index contributed by atoms with van der Waals surface area (Å²) in [6.07, 6.45) is 0. The number of carboxylic acids is 1. The summed E-state index contributed by atoms with van der Waals surface area (Å²) < 4.78 is 19.6. The lowest BCUT2D eigenvalue weighted by Crippen LogP contribution is -2.81. The fraction of sp³-hybridized carbons (Fsp3) is 0.316. The molecular weight excluding hydrogens is 551 g/mol. The van der Waals surface area contributed by atoms with E-state index >= 15 is 0 Å². The van der Waals surface area contributed by atoms with Crippen molar-refractivity contribution in [1.29, 1.82) is 0 Å². The van der Waals surface area contributed by atoms with E-state index in [0.29, 0.717) is 20.5 Å². The lowest BCUT2D eigenvalue weighted by molar-refractivity contribution is -0.192. The molecule has 3 aromatic rings. The molecule has 0 bridgehead atoms. The average Bonchev–Trinajstić information content (AvgIpc) is 3.57. The van der Waals surface area contributed by atoms with Crippen LogP contribution in [0.2, 0.25) is 0 Å². The van der Waals surface area contributed by atoms with Crippen LogP contribution in [0.5, 0.6) is 0 Å². The number of rotatable bonds is 9. The maximum atomic E-state index is 13.2. The number of aromatic nitrogens is 5. The predicted octanol–water partition coefficient (Wildman–Crippen LogP) is 0.193. The van der Waals surface area contributed by atoms with Gasteiger partial charge in [0.1, 0.15) is 16.1 Å². The molecule has 0 aliphatic carbocycles. The Bertz CT molecular complexity index is 1370. The number of aliphatic carboxylic acids is 1. The number of nitrogens with one attached hydrogen (secondary N) is 1. The fourth-order valence-electron chi connectivity index (χ4n) is 3.75. The summed E-state index contributed by atoms with van der Waals surface area (Å²) in [5.74, 6) is -2.40. The Morgan fingerprint density at radius 3 is 2.97 bits per heavy atom. The molecule has 0 aromatic carbocycles. The molecule has 1 unspecified atom stereocenters. The van der Waals surface area contributed by atoms with E-state index in [9.17, 15) is 24.0 Å². The van der Waals surface area contributed by atoms with E-state index in [1.54, 1.807) is 29.6 Å². The van der Waals surface area contributed by atoms with Crippen molar-refractivity contribution in [2.24, 2.45) is 0 Å². The second-order valence-electron chi connectivity index (χ2n) is 7.49. The van der Waals surface area contributed by atoms with Gasteiger partial charge in [-0.3, -0.25) is 14.5 Å². The van der Waals surface area contributed by atoms with Crippen LogP contribution >= 0.6 is 34.9 Å². The van der Waals surface area contributed by atoms with Gasteiger partial charge in [-0.2, -0.15) is 0 Å². The predicted molar refractivity (Wildman–Crippen MR) is 131 cm³/mol. The van der Waals surface area contributed by atoms with E-state index in [4.69, 9.17) is 4.74 Å². The van der Waals surface area contributed by atoms with Gasteiger partial charge in [-0.25, -0.2) is 4.79 Å². The minimum absolute atomic E-state index is 0.149. The van der Waals surface area contributed by atoms with Crippen molar-refractivity contribution < 1.29 is 28.8 Å². The molecule has 0 radical (unpaired) electrons. The van der Waals surface area contributed by atoms with Crippen molar-refractivity contribution in [1.82, 2.24) is 35.5 Å². The van der Waals surface area contributed by atoms with E-state index < -0.39 is 40.1 Å². The standard InChI is InChI=1S/C19H17N7O6S4/c1-32-19(20-12(27)9-36(31)14-3-2-6-33-14)17(30)25-15(16(28)29)10(8-35-18(19)25)7-34-13-5-4-11-21-23-24-26(11)22-13/h2-6,18H,7-9H2,1H3,(H,20,27)(H,28,29)/t18-,19-,36?/m0/s1. The number of carboxylic acid groups (broad SMARTS) is 1. The number of hydrogen-bond acceptors (Lipinski definition) is 12. The first kappa shape index (κ1) is 25.0. The number of nitrogens with zero attached hydrogens (tertiary/aromatic N) is 6. The molecule has 2 amide bonds. The summed E-state index contributed by atoms with van der Waals surface area (Å²) in [6, 6.07) is 6.80. The molecule has 1 fully saturated rings. The van der Waals surface area contributed by atoms with Crippen LogP contribution in [0.1, 0.15) is 0 Å². The molecule has 5 rings (SSSR count). The van der Waals surface area contributed by atoms with Gasteiger partial charge in [0, 0.05) is 35.9 Å². The maximum absolute atomic E-state index is 13.2. The van der Waals surface area contributed by atoms with Crippen LogP contribution in [-0.2, 0) is 30.3 Å². The first-order valence-corrected chi connectivity index (χ1v) is 14.4. The van der Waals surface area contributed by atoms with Gasteiger partial charge in [0.05, 0.1) is 0 Å². The Labute approximate surface area is 218 Å². The monoisotopic (exact) mass is 567 g/mol. The zero-order chi connectivity index (χ0) is 25.4. The number of methoxy groups -OCH3 is 1. The molecule has 3 aromatic heterocycles. The summed E-state index contributed by atoms with van der Waals surface area (Å²) in [5, 5.41) is 29.3. The van der Waals surface area contributed by atoms with Crippen LogP contribution in [0.25, 0.3) is 5.65 Å². The van der Waals surface area contributed by atoms with E-state index in [-0.39, 0.29) is 23.0 Å². The zero-order valence-corrected chi connectivity index (χ0v) is 21.7. The van der Waals surface area contributed by atoms with E-state index in [1.165, 1.54) is 46.6 Å². The van der Waals surface area contributed by atoms with Crippen LogP contribution in [0.15, 0.2) is 50.2 Å². The number of hydrogen-bond donors (Lipinski definition) is 2. The van der Waals surface area contributed by atoms with Crippen molar-refractivity contribution in [3.8, 4) is 0 Å². The minimum Gasteiger partial charge on any atom is -0.610 e. The Kier molecular flexibility index (Phi) is 6.92. The second-order valence-corrected chi connectivity index (χ2v) is 12.2. The molecule has 2 N–H and O–H groups in total. The third-order valence-electron chi connectivity index (χ3n) is 5.38.